The van der Waals surface area contributed by atoms with Gasteiger partial charge in [0.25, 0.3) is 0 Å². The minimum absolute atomic E-state index is 0. The van der Waals surface area contributed by atoms with Crippen molar-refractivity contribution in [3.63, 3.8) is 0 Å². The molecule has 0 heterocycles. The fraction of sp³-hybridized carbons (Fsp3) is 0. The van der Waals surface area contributed by atoms with E-state index in [9.17, 15) is 0 Å². The zero-order chi connectivity index (χ0) is 3.58. The first-order valence-electron chi connectivity index (χ1n) is 0.781. The molecule has 0 unspecified atom stereocenters. The van der Waals surface area contributed by atoms with Crippen LogP contribution in [0.25, 0.3) is 0 Å². The fourth-order valence-corrected chi connectivity index (χ4v) is 0. The van der Waals surface area contributed by atoms with E-state index < -0.39 is 6.03 Å². The van der Waals surface area contributed by atoms with Gasteiger partial charge in [-0.2, -0.15) is 13.5 Å². The standard InChI is InChI=1S/CH4N2O.H2S/c2-1(3)4;/h(H4,2,3,4);1H2. The Hall–Kier alpha value is -0.380. The highest BCUT2D eigenvalue weighted by atomic mass is 32.1. The minimum atomic E-state index is -0.833. The van der Waals surface area contributed by atoms with Crippen molar-refractivity contribution in [2.75, 3.05) is 0 Å². The Morgan fingerprint density at radius 1 is 1.40 bits per heavy atom. The van der Waals surface area contributed by atoms with Gasteiger partial charge in [-0.15, -0.1) is 0 Å². The summed E-state index contributed by atoms with van der Waals surface area (Å²) in [6, 6.07) is -0.833. The number of primary amides is 2. The first-order chi connectivity index (χ1) is 1.73. The third-order valence-electron chi connectivity index (χ3n) is 0. The molecule has 32 valence electrons. The molecule has 0 fully saturated rings. The van der Waals surface area contributed by atoms with Gasteiger partial charge in [-0.05, 0) is 0 Å². The summed E-state index contributed by atoms with van der Waals surface area (Å²) in [5, 5.41) is 0. The van der Waals surface area contributed by atoms with Gasteiger partial charge >= 0.3 is 6.03 Å². The molecule has 0 radical (unpaired) electrons. The molecule has 3 nitrogen and oxygen atoms in total. The lowest BCUT2D eigenvalue weighted by Crippen LogP contribution is -2.18. The molecule has 0 aromatic rings. The van der Waals surface area contributed by atoms with Crippen LogP contribution in [-0.2, 0) is 0 Å². The van der Waals surface area contributed by atoms with Crippen LogP contribution in [0.3, 0.4) is 0 Å². The number of hydrogen-bond donors (Lipinski definition) is 2. The molecule has 5 heavy (non-hydrogen) atoms. The van der Waals surface area contributed by atoms with Crippen molar-refractivity contribution in [1.29, 1.82) is 0 Å². The first kappa shape index (κ1) is 8.82. The molecule has 0 spiro atoms. The van der Waals surface area contributed by atoms with E-state index in [1.54, 1.807) is 0 Å². The number of carbonyl (C=O) groups excluding carboxylic acids is 1. The summed E-state index contributed by atoms with van der Waals surface area (Å²) in [5.74, 6) is 0. The van der Waals surface area contributed by atoms with Gasteiger partial charge in [0.05, 0.1) is 0 Å². The summed E-state index contributed by atoms with van der Waals surface area (Å²) in [5.41, 5.74) is 8.50. The first-order valence-corrected chi connectivity index (χ1v) is 0.781. The Kier molecular flexibility index (Phi) is 6.39. The maximum absolute atomic E-state index is 9.00. The average Bonchev–Trinajstić information content (AvgIpc) is 0.811. The predicted molar refractivity (Wildman–Crippen MR) is 24.2 cm³/mol. The van der Waals surface area contributed by atoms with E-state index >= 15 is 0 Å². The van der Waals surface area contributed by atoms with E-state index in [0.717, 1.165) is 0 Å². The van der Waals surface area contributed by atoms with Crippen LogP contribution in [0.15, 0.2) is 0 Å². The Morgan fingerprint density at radius 3 is 1.40 bits per heavy atom. The zero-order valence-corrected chi connectivity index (χ0v) is 3.56. The third kappa shape index (κ3) is 65.8. The molecule has 0 aliphatic rings. The second kappa shape index (κ2) is 3.62. The summed E-state index contributed by atoms with van der Waals surface area (Å²) < 4.78 is 0. The summed E-state index contributed by atoms with van der Waals surface area (Å²) >= 11 is 0. The van der Waals surface area contributed by atoms with Gasteiger partial charge in [0, 0.05) is 0 Å². The van der Waals surface area contributed by atoms with Crippen LogP contribution in [-0.4, -0.2) is 6.03 Å². The quantitative estimate of drug-likeness (QED) is 0.403. The zero-order valence-electron chi connectivity index (χ0n) is 2.56. The molecule has 2 amide bonds. The van der Waals surface area contributed by atoms with Gasteiger partial charge in [-0.3, -0.25) is 0 Å². The van der Waals surface area contributed by atoms with Crippen molar-refractivity contribution in [1.82, 2.24) is 0 Å². The van der Waals surface area contributed by atoms with E-state index in [1.165, 1.54) is 0 Å². The number of urea groups is 1. The molecule has 0 aliphatic carbocycles. The number of amides is 2. The monoisotopic (exact) mass is 94.0 g/mol. The molecule has 0 aromatic heterocycles. The van der Waals surface area contributed by atoms with E-state index in [4.69, 9.17) is 4.79 Å². The van der Waals surface area contributed by atoms with Crippen LogP contribution in [0.1, 0.15) is 0 Å². The molecule has 0 aromatic carbocycles. The summed E-state index contributed by atoms with van der Waals surface area (Å²) in [7, 11) is 0. The van der Waals surface area contributed by atoms with Gasteiger partial charge in [0.1, 0.15) is 0 Å². The molecule has 0 saturated carbocycles. The number of hydrogen-bond acceptors (Lipinski definition) is 1. The van der Waals surface area contributed by atoms with Gasteiger partial charge < -0.3 is 11.5 Å². The maximum Gasteiger partial charge on any atom is 0.309 e. The minimum Gasteiger partial charge on any atom is -0.352 e. The summed E-state index contributed by atoms with van der Waals surface area (Å²) in [6.07, 6.45) is 0. The second-order valence-electron chi connectivity index (χ2n) is 0.402. The van der Waals surface area contributed by atoms with Crippen LogP contribution in [0.5, 0.6) is 0 Å². The normalized spacial score (nSPS) is 4.80. The number of carbonyl (C=O) groups is 1. The Morgan fingerprint density at radius 2 is 1.40 bits per heavy atom. The Labute approximate surface area is 36.8 Å². The van der Waals surface area contributed by atoms with Crippen molar-refractivity contribution < 1.29 is 4.79 Å². The smallest absolute Gasteiger partial charge is 0.309 e. The Bertz CT molecular complexity index is 32.6. The maximum atomic E-state index is 9.00. The molecular weight excluding hydrogens is 88.1 g/mol. The highest BCUT2D eigenvalue weighted by molar-refractivity contribution is 7.59. The van der Waals surface area contributed by atoms with E-state index in [0.29, 0.717) is 0 Å². The van der Waals surface area contributed by atoms with E-state index in [1.807, 2.05) is 0 Å². The van der Waals surface area contributed by atoms with Crippen LogP contribution in [0.4, 0.5) is 4.79 Å². The molecule has 0 aliphatic heterocycles. The number of nitrogens with two attached hydrogens (primary N) is 2. The van der Waals surface area contributed by atoms with E-state index in [-0.39, 0.29) is 13.5 Å². The van der Waals surface area contributed by atoms with Crippen molar-refractivity contribution in [3.8, 4) is 0 Å². The lowest BCUT2D eigenvalue weighted by molar-refractivity contribution is 0.256. The number of rotatable bonds is 0. The second-order valence-corrected chi connectivity index (χ2v) is 0.402. The fourth-order valence-electron chi connectivity index (χ4n) is 0. The van der Waals surface area contributed by atoms with Gasteiger partial charge in [-0.25, -0.2) is 4.79 Å². The van der Waals surface area contributed by atoms with Gasteiger partial charge in [0.2, 0.25) is 0 Å². The lowest BCUT2D eigenvalue weighted by Gasteiger charge is -1.62. The summed E-state index contributed by atoms with van der Waals surface area (Å²) in [4.78, 5) is 9.00. The van der Waals surface area contributed by atoms with Crippen LogP contribution in [0.2, 0.25) is 0 Å². The largest absolute Gasteiger partial charge is 0.352 e. The van der Waals surface area contributed by atoms with Crippen LogP contribution < -0.4 is 11.5 Å². The van der Waals surface area contributed by atoms with Gasteiger partial charge in [0.15, 0.2) is 0 Å². The van der Waals surface area contributed by atoms with Crippen molar-refractivity contribution in [2.45, 2.75) is 0 Å². The molecule has 0 atom stereocenters. The van der Waals surface area contributed by atoms with Crippen LogP contribution >= 0.6 is 13.5 Å². The predicted octanol–water partition coefficient (Wildman–Crippen LogP) is -0.863. The molecular formula is CH6N2OS. The molecule has 0 rings (SSSR count). The van der Waals surface area contributed by atoms with Crippen molar-refractivity contribution in [2.24, 2.45) is 11.5 Å². The van der Waals surface area contributed by atoms with Crippen molar-refractivity contribution in [3.05, 3.63) is 0 Å². The topological polar surface area (TPSA) is 69.1 Å². The Balaban J connectivity index is 0. The summed E-state index contributed by atoms with van der Waals surface area (Å²) in [6.45, 7) is 0. The SMILES string of the molecule is NC(N)=O.S. The third-order valence-corrected chi connectivity index (χ3v) is 0. The lowest BCUT2D eigenvalue weighted by atomic mass is 11.2. The molecule has 0 bridgehead atoms. The molecule has 4 N–H and O–H groups in total. The average molecular weight is 94.1 g/mol. The van der Waals surface area contributed by atoms with Crippen molar-refractivity contribution >= 4 is 19.5 Å². The highest BCUT2D eigenvalue weighted by Crippen LogP contribution is 1.25. The van der Waals surface area contributed by atoms with Crippen LogP contribution in [0, 0.1) is 0 Å². The van der Waals surface area contributed by atoms with Gasteiger partial charge in [-0.1, -0.05) is 0 Å². The highest BCUT2D eigenvalue weighted by Gasteiger charge is 1.60. The van der Waals surface area contributed by atoms with E-state index in [2.05, 4.69) is 11.5 Å². The molecule has 0 saturated heterocycles. The molecule has 4 heteroatoms.